The first kappa shape index (κ1) is 18.8. The number of alkyl halides is 3. The van der Waals surface area contributed by atoms with Gasteiger partial charge in [0.2, 0.25) is 11.8 Å². The van der Waals surface area contributed by atoms with Crippen LogP contribution in [0.2, 0.25) is 0 Å². The number of carbonyl (C=O) groups is 1. The topological polar surface area (TPSA) is 88.3 Å². The molecule has 150 valence electrons. The van der Waals surface area contributed by atoms with Gasteiger partial charge in [-0.1, -0.05) is 17.3 Å². The van der Waals surface area contributed by atoms with Crippen molar-refractivity contribution in [2.45, 2.75) is 6.18 Å². The lowest BCUT2D eigenvalue weighted by molar-refractivity contribution is -0.159. The van der Waals surface area contributed by atoms with E-state index in [2.05, 4.69) is 24.6 Å². The molecule has 1 saturated heterocycles. The Kier molecular flexibility index (Phi) is 4.87. The third kappa shape index (κ3) is 4.03. The zero-order chi connectivity index (χ0) is 20.4. The average molecular weight is 404 g/mol. The van der Waals surface area contributed by atoms with Crippen LogP contribution in [0.1, 0.15) is 16.2 Å². The van der Waals surface area contributed by atoms with Gasteiger partial charge in [0, 0.05) is 49.7 Å². The molecule has 0 spiro atoms. The fourth-order valence-electron chi connectivity index (χ4n) is 2.99. The molecule has 0 unspecified atom stereocenters. The van der Waals surface area contributed by atoms with Gasteiger partial charge < -0.3 is 14.3 Å². The van der Waals surface area contributed by atoms with Crippen molar-refractivity contribution in [2.75, 3.05) is 31.1 Å². The molecular formula is C18H15F3N6O2. The van der Waals surface area contributed by atoms with E-state index in [0.29, 0.717) is 37.7 Å². The Balaban J connectivity index is 1.46. The van der Waals surface area contributed by atoms with Gasteiger partial charge in [-0.2, -0.15) is 18.2 Å². The highest BCUT2D eigenvalue weighted by molar-refractivity contribution is 5.95. The molecule has 0 radical (unpaired) electrons. The van der Waals surface area contributed by atoms with Crippen LogP contribution in [-0.4, -0.2) is 57.1 Å². The molecule has 3 aromatic rings. The molecule has 1 amide bonds. The Morgan fingerprint density at radius 1 is 1.03 bits per heavy atom. The predicted octanol–water partition coefficient (Wildman–Crippen LogP) is 2.51. The number of piperazine rings is 1. The summed E-state index contributed by atoms with van der Waals surface area (Å²) in [5, 5.41) is 3.36. The van der Waals surface area contributed by atoms with Crippen molar-refractivity contribution < 1.29 is 22.5 Å². The first-order chi connectivity index (χ1) is 13.9. The molecular weight excluding hydrogens is 389 g/mol. The number of benzene rings is 1. The molecule has 0 saturated carbocycles. The van der Waals surface area contributed by atoms with Crippen LogP contribution in [0.5, 0.6) is 0 Å². The van der Waals surface area contributed by atoms with E-state index < -0.39 is 12.1 Å². The van der Waals surface area contributed by atoms with Gasteiger partial charge in [-0.3, -0.25) is 4.79 Å². The van der Waals surface area contributed by atoms with Gasteiger partial charge in [0.25, 0.3) is 5.91 Å². The van der Waals surface area contributed by atoms with Gasteiger partial charge >= 0.3 is 12.1 Å². The monoisotopic (exact) mass is 404 g/mol. The quantitative estimate of drug-likeness (QED) is 0.663. The maximum absolute atomic E-state index is 12.8. The molecule has 1 aromatic carbocycles. The minimum atomic E-state index is -4.72. The summed E-state index contributed by atoms with van der Waals surface area (Å²) >= 11 is 0. The number of amides is 1. The van der Waals surface area contributed by atoms with Crippen molar-refractivity contribution in [3.63, 3.8) is 0 Å². The number of aromatic nitrogens is 4. The number of carbonyl (C=O) groups excluding carboxylic acids is 1. The number of rotatable bonds is 3. The second-order valence-corrected chi connectivity index (χ2v) is 6.33. The molecule has 3 heterocycles. The van der Waals surface area contributed by atoms with E-state index in [4.69, 9.17) is 0 Å². The van der Waals surface area contributed by atoms with Crippen molar-refractivity contribution in [1.82, 2.24) is 25.0 Å². The summed E-state index contributed by atoms with van der Waals surface area (Å²) in [6.45, 7) is 2.11. The van der Waals surface area contributed by atoms with Crippen LogP contribution in [-0.2, 0) is 6.18 Å². The van der Waals surface area contributed by atoms with E-state index in [-0.39, 0.29) is 17.3 Å². The van der Waals surface area contributed by atoms with Crippen molar-refractivity contribution in [3.8, 4) is 11.4 Å². The second-order valence-electron chi connectivity index (χ2n) is 6.33. The van der Waals surface area contributed by atoms with Crippen molar-refractivity contribution in [1.29, 1.82) is 0 Å². The van der Waals surface area contributed by atoms with E-state index >= 15 is 0 Å². The van der Waals surface area contributed by atoms with Gasteiger partial charge in [0.1, 0.15) is 0 Å². The molecule has 2 aromatic heterocycles. The molecule has 8 nitrogen and oxygen atoms in total. The van der Waals surface area contributed by atoms with Crippen LogP contribution in [0, 0.1) is 0 Å². The molecule has 1 aliphatic heterocycles. The fourth-order valence-corrected chi connectivity index (χ4v) is 2.99. The smallest absolute Gasteiger partial charge is 0.337 e. The van der Waals surface area contributed by atoms with Gasteiger partial charge in [-0.25, -0.2) is 9.97 Å². The van der Waals surface area contributed by atoms with Crippen LogP contribution in [0.15, 0.2) is 47.2 Å². The molecule has 0 bridgehead atoms. The number of halogens is 3. The van der Waals surface area contributed by atoms with Crippen molar-refractivity contribution in [2.24, 2.45) is 0 Å². The van der Waals surface area contributed by atoms with Crippen LogP contribution in [0.4, 0.5) is 19.1 Å². The largest absolute Gasteiger partial charge is 0.471 e. The average Bonchev–Trinajstić information content (AvgIpc) is 3.25. The van der Waals surface area contributed by atoms with Gasteiger partial charge in [0.05, 0.1) is 0 Å². The third-order valence-corrected chi connectivity index (χ3v) is 4.44. The first-order valence-electron chi connectivity index (χ1n) is 8.74. The summed E-state index contributed by atoms with van der Waals surface area (Å²) in [6.07, 6.45) is -1.40. The van der Waals surface area contributed by atoms with Crippen molar-refractivity contribution in [3.05, 3.63) is 54.2 Å². The van der Waals surface area contributed by atoms with Gasteiger partial charge in [-0.05, 0) is 18.2 Å². The Bertz CT molecular complexity index is 1000. The Morgan fingerprint density at radius 2 is 1.76 bits per heavy atom. The lowest BCUT2D eigenvalue weighted by Crippen LogP contribution is -2.49. The van der Waals surface area contributed by atoms with Crippen LogP contribution >= 0.6 is 0 Å². The molecule has 11 heteroatoms. The van der Waals surface area contributed by atoms with Crippen LogP contribution in [0.25, 0.3) is 11.4 Å². The van der Waals surface area contributed by atoms with Gasteiger partial charge in [0.15, 0.2) is 0 Å². The lowest BCUT2D eigenvalue weighted by atomic mass is 10.1. The number of hydrogen-bond donors (Lipinski definition) is 0. The molecule has 0 N–H and O–H groups in total. The molecule has 29 heavy (non-hydrogen) atoms. The summed E-state index contributed by atoms with van der Waals surface area (Å²) in [6, 6.07) is 7.88. The van der Waals surface area contributed by atoms with Crippen LogP contribution in [0.3, 0.4) is 0 Å². The van der Waals surface area contributed by atoms with Gasteiger partial charge in [-0.15, -0.1) is 0 Å². The zero-order valence-electron chi connectivity index (χ0n) is 15.0. The fraction of sp³-hybridized carbons (Fsp3) is 0.278. The lowest BCUT2D eigenvalue weighted by Gasteiger charge is -2.34. The van der Waals surface area contributed by atoms with E-state index in [1.165, 1.54) is 12.1 Å². The SMILES string of the molecule is O=C(c1cccc(-c2noc(C(F)(F)F)n2)c1)N1CCN(c2ncccn2)CC1. The molecule has 0 atom stereocenters. The highest BCUT2D eigenvalue weighted by Crippen LogP contribution is 2.29. The summed E-state index contributed by atoms with van der Waals surface area (Å²) in [7, 11) is 0. The first-order valence-corrected chi connectivity index (χ1v) is 8.74. The second kappa shape index (κ2) is 7.49. The van der Waals surface area contributed by atoms with E-state index in [1.54, 1.807) is 35.5 Å². The van der Waals surface area contributed by atoms with E-state index in [1.807, 2.05) is 4.90 Å². The summed E-state index contributed by atoms with van der Waals surface area (Å²) in [5.74, 6) is -1.26. The Morgan fingerprint density at radius 3 is 2.41 bits per heavy atom. The number of nitrogens with zero attached hydrogens (tertiary/aromatic N) is 6. The molecule has 4 rings (SSSR count). The minimum absolute atomic E-state index is 0.222. The Labute approximate surface area is 163 Å². The standard InChI is InChI=1S/C18H15F3N6O2/c19-18(20,21)16-24-14(25-29-16)12-3-1-4-13(11-12)15(28)26-7-9-27(10-8-26)17-22-5-2-6-23-17/h1-6,11H,7-10H2. The number of anilines is 1. The molecule has 0 aliphatic carbocycles. The summed E-state index contributed by atoms with van der Waals surface area (Å²) in [4.78, 5) is 28.3. The van der Waals surface area contributed by atoms with E-state index in [0.717, 1.165) is 0 Å². The van der Waals surface area contributed by atoms with E-state index in [9.17, 15) is 18.0 Å². The maximum Gasteiger partial charge on any atom is 0.471 e. The highest BCUT2D eigenvalue weighted by atomic mass is 19.4. The maximum atomic E-state index is 12.8. The molecule has 1 fully saturated rings. The third-order valence-electron chi connectivity index (χ3n) is 4.44. The summed E-state index contributed by atoms with van der Waals surface area (Å²) < 4.78 is 42.2. The van der Waals surface area contributed by atoms with Crippen molar-refractivity contribution >= 4 is 11.9 Å². The Hall–Kier alpha value is -3.50. The highest BCUT2D eigenvalue weighted by Gasteiger charge is 2.38. The zero-order valence-corrected chi connectivity index (χ0v) is 15.0. The number of hydrogen-bond acceptors (Lipinski definition) is 7. The summed E-state index contributed by atoms with van der Waals surface area (Å²) in [5.41, 5.74) is 0.608. The minimum Gasteiger partial charge on any atom is -0.337 e. The predicted molar refractivity (Wildman–Crippen MR) is 94.9 cm³/mol. The van der Waals surface area contributed by atoms with Crippen LogP contribution < -0.4 is 4.90 Å². The molecule has 1 aliphatic rings. The normalized spacial score (nSPS) is 14.9.